The van der Waals surface area contributed by atoms with Crippen LogP contribution >= 0.6 is 11.8 Å². The maximum atomic E-state index is 9.78. The lowest BCUT2D eigenvalue weighted by atomic mass is 10.1. The van der Waals surface area contributed by atoms with Gasteiger partial charge in [-0.15, -0.1) is 11.8 Å². The Morgan fingerprint density at radius 1 is 1.36 bits per heavy atom. The molecule has 1 aromatic carbocycles. The number of anilines is 1. The summed E-state index contributed by atoms with van der Waals surface area (Å²) in [6.45, 7) is 5.62. The van der Waals surface area contributed by atoms with E-state index in [4.69, 9.17) is 5.73 Å². The van der Waals surface area contributed by atoms with Crippen LogP contribution in [0.25, 0.3) is 0 Å². The highest BCUT2D eigenvalue weighted by Crippen LogP contribution is 2.33. The minimum Gasteiger partial charge on any atom is -0.398 e. The van der Waals surface area contributed by atoms with Crippen molar-refractivity contribution in [1.29, 1.82) is 0 Å². The van der Waals surface area contributed by atoms with E-state index in [-0.39, 0.29) is 5.25 Å². The van der Waals surface area contributed by atoms with Crippen molar-refractivity contribution in [3.05, 3.63) is 24.3 Å². The first-order valence-corrected chi connectivity index (χ1v) is 5.53. The van der Waals surface area contributed by atoms with Gasteiger partial charge in [0.2, 0.25) is 0 Å². The molecule has 0 amide bonds. The molecule has 1 rings (SSSR count). The first kappa shape index (κ1) is 11.4. The standard InChI is InChI=1S/C11H17NOS/c1-8(11(2,3)13)14-10-7-5-4-6-9(10)12/h4-8,13H,12H2,1-3H3. The summed E-state index contributed by atoms with van der Waals surface area (Å²) in [6, 6.07) is 7.71. The number of hydrogen-bond donors (Lipinski definition) is 2. The smallest absolute Gasteiger partial charge is 0.0710 e. The van der Waals surface area contributed by atoms with Crippen LogP contribution in [0.4, 0.5) is 5.69 Å². The molecule has 0 aliphatic rings. The molecule has 2 nitrogen and oxygen atoms in total. The van der Waals surface area contributed by atoms with Crippen LogP contribution in [-0.4, -0.2) is 16.0 Å². The van der Waals surface area contributed by atoms with E-state index < -0.39 is 5.60 Å². The van der Waals surface area contributed by atoms with Gasteiger partial charge in [0.1, 0.15) is 0 Å². The Morgan fingerprint density at radius 2 is 1.93 bits per heavy atom. The fourth-order valence-corrected chi connectivity index (χ4v) is 1.95. The van der Waals surface area contributed by atoms with Gasteiger partial charge in [0.25, 0.3) is 0 Å². The summed E-state index contributed by atoms with van der Waals surface area (Å²) < 4.78 is 0. The van der Waals surface area contributed by atoms with Crippen molar-refractivity contribution in [2.75, 3.05) is 5.73 Å². The summed E-state index contributed by atoms with van der Waals surface area (Å²) in [4.78, 5) is 1.03. The van der Waals surface area contributed by atoms with Gasteiger partial charge in [0, 0.05) is 15.8 Å². The molecule has 0 aliphatic heterocycles. The van der Waals surface area contributed by atoms with Crippen LogP contribution in [0.15, 0.2) is 29.2 Å². The van der Waals surface area contributed by atoms with Gasteiger partial charge in [0.15, 0.2) is 0 Å². The van der Waals surface area contributed by atoms with E-state index in [1.54, 1.807) is 11.8 Å². The second-order valence-electron chi connectivity index (χ2n) is 3.95. The van der Waals surface area contributed by atoms with Crippen LogP contribution in [0.3, 0.4) is 0 Å². The van der Waals surface area contributed by atoms with Crippen LogP contribution in [0.1, 0.15) is 20.8 Å². The normalized spacial score (nSPS) is 14.0. The Hall–Kier alpha value is -0.670. The average Bonchev–Trinajstić information content (AvgIpc) is 2.07. The lowest BCUT2D eigenvalue weighted by molar-refractivity contribution is 0.0824. The summed E-state index contributed by atoms with van der Waals surface area (Å²) >= 11 is 1.60. The minimum absolute atomic E-state index is 0.118. The number of thioether (sulfide) groups is 1. The maximum absolute atomic E-state index is 9.78. The molecule has 0 saturated carbocycles. The number of nitrogen functional groups attached to an aromatic ring is 1. The van der Waals surface area contributed by atoms with Crippen molar-refractivity contribution in [3.63, 3.8) is 0 Å². The Kier molecular flexibility index (Phi) is 3.45. The van der Waals surface area contributed by atoms with Crippen molar-refractivity contribution in [2.45, 2.75) is 36.5 Å². The number of nitrogens with two attached hydrogens (primary N) is 1. The zero-order valence-electron chi connectivity index (χ0n) is 8.82. The predicted octanol–water partition coefficient (Wildman–Crippen LogP) is 2.52. The van der Waals surface area contributed by atoms with E-state index in [0.29, 0.717) is 0 Å². The Labute approximate surface area is 89.5 Å². The van der Waals surface area contributed by atoms with Crippen molar-refractivity contribution in [3.8, 4) is 0 Å². The molecular formula is C11H17NOS. The van der Waals surface area contributed by atoms with Gasteiger partial charge in [-0.2, -0.15) is 0 Å². The van der Waals surface area contributed by atoms with E-state index in [1.807, 2.05) is 45.0 Å². The van der Waals surface area contributed by atoms with Gasteiger partial charge in [-0.05, 0) is 26.0 Å². The third-order valence-electron chi connectivity index (χ3n) is 2.22. The molecule has 1 aromatic rings. The SMILES string of the molecule is CC(Sc1ccccc1N)C(C)(C)O. The third kappa shape index (κ3) is 2.93. The quantitative estimate of drug-likeness (QED) is 0.596. The highest BCUT2D eigenvalue weighted by atomic mass is 32.2. The zero-order chi connectivity index (χ0) is 10.8. The minimum atomic E-state index is -0.688. The molecule has 78 valence electrons. The van der Waals surface area contributed by atoms with Gasteiger partial charge in [-0.25, -0.2) is 0 Å². The molecule has 3 N–H and O–H groups in total. The van der Waals surface area contributed by atoms with Crippen molar-refractivity contribution in [1.82, 2.24) is 0 Å². The maximum Gasteiger partial charge on any atom is 0.0710 e. The second kappa shape index (κ2) is 4.24. The zero-order valence-corrected chi connectivity index (χ0v) is 9.64. The van der Waals surface area contributed by atoms with Gasteiger partial charge >= 0.3 is 0 Å². The molecule has 0 heterocycles. The highest BCUT2D eigenvalue weighted by molar-refractivity contribution is 8.00. The summed E-state index contributed by atoms with van der Waals surface area (Å²) in [6.07, 6.45) is 0. The number of aliphatic hydroxyl groups is 1. The average molecular weight is 211 g/mol. The molecule has 1 atom stereocenters. The fraction of sp³-hybridized carbons (Fsp3) is 0.455. The first-order valence-electron chi connectivity index (χ1n) is 4.65. The Morgan fingerprint density at radius 3 is 2.43 bits per heavy atom. The fourth-order valence-electron chi connectivity index (χ4n) is 0.923. The van der Waals surface area contributed by atoms with Gasteiger partial charge in [-0.3, -0.25) is 0 Å². The highest BCUT2D eigenvalue weighted by Gasteiger charge is 2.23. The lowest BCUT2D eigenvalue weighted by Crippen LogP contribution is -2.30. The largest absolute Gasteiger partial charge is 0.398 e. The molecule has 14 heavy (non-hydrogen) atoms. The van der Waals surface area contributed by atoms with E-state index in [0.717, 1.165) is 10.6 Å². The molecule has 0 aromatic heterocycles. The molecule has 0 saturated heterocycles. The topological polar surface area (TPSA) is 46.2 Å². The van der Waals surface area contributed by atoms with Crippen LogP contribution in [0.5, 0.6) is 0 Å². The molecule has 0 radical (unpaired) electrons. The number of hydrogen-bond acceptors (Lipinski definition) is 3. The van der Waals surface area contributed by atoms with Crippen molar-refractivity contribution in [2.24, 2.45) is 0 Å². The van der Waals surface area contributed by atoms with Crippen LogP contribution in [0.2, 0.25) is 0 Å². The molecule has 0 bridgehead atoms. The summed E-state index contributed by atoms with van der Waals surface area (Å²) in [5.41, 5.74) is 5.89. The lowest BCUT2D eigenvalue weighted by Gasteiger charge is -2.25. The van der Waals surface area contributed by atoms with E-state index in [1.165, 1.54) is 0 Å². The number of benzene rings is 1. The van der Waals surface area contributed by atoms with Crippen LogP contribution < -0.4 is 5.73 Å². The van der Waals surface area contributed by atoms with Crippen molar-refractivity contribution < 1.29 is 5.11 Å². The van der Waals surface area contributed by atoms with Crippen LogP contribution in [0, 0.1) is 0 Å². The molecule has 1 unspecified atom stereocenters. The Balaban J connectivity index is 2.75. The second-order valence-corrected chi connectivity index (χ2v) is 5.33. The molecule has 0 fully saturated rings. The predicted molar refractivity (Wildman–Crippen MR) is 62.5 cm³/mol. The molecule has 0 aliphatic carbocycles. The van der Waals surface area contributed by atoms with E-state index in [9.17, 15) is 5.11 Å². The molecule has 0 spiro atoms. The van der Waals surface area contributed by atoms with E-state index in [2.05, 4.69) is 0 Å². The Bertz CT molecular complexity index is 306. The van der Waals surface area contributed by atoms with E-state index >= 15 is 0 Å². The monoisotopic (exact) mass is 211 g/mol. The summed E-state index contributed by atoms with van der Waals surface area (Å²) in [5, 5.41) is 9.89. The number of rotatable bonds is 3. The van der Waals surface area contributed by atoms with Gasteiger partial charge in [0.05, 0.1) is 5.60 Å². The van der Waals surface area contributed by atoms with Gasteiger partial charge < -0.3 is 10.8 Å². The van der Waals surface area contributed by atoms with Gasteiger partial charge in [-0.1, -0.05) is 19.1 Å². The van der Waals surface area contributed by atoms with Crippen molar-refractivity contribution >= 4 is 17.4 Å². The van der Waals surface area contributed by atoms with Crippen LogP contribution in [-0.2, 0) is 0 Å². The molecule has 3 heteroatoms. The summed E-state index contributed by atoms with van der Waals surface area (Å²) in [5.74, 6) is 0. The first-order chi connectivity index (χ1) is 6.41. The molecular weight excluding hydrogens is 194 g/mol. The third-order valence-corrected chi connectivity index (χ3v) is 3.77. The summed E-state index contributed by atoms with van der Waals surface area (Å²) in [7, 11) is 0. The number of para-hydroxylation sites is 1.